The monoisotopic (exact) mass is 282 g/mol. The Hall–Kier alpha value is -1.57. The minimum absolute atomic E-state index is 0.363. The van der Waals surface area contributed by atoms with Crippen molar-refractivity contribution in [3.05, 3.63) is 36.5 Å². The Kier molecular flexibility index (Phi) is 3.88. The second kappa shape index (κ2) is 5.67. The van der Waals surface area contributed by atoms with E-state index in [1.54, 1.807) is 0 Å². The fraction of sp³-hybridized carbons (Fsp3) is 0.526. The maximum absolute atomic E-state index is 4.57. The Bertz CT molecular complexity index is 612. The third-order valence-corrected chi connectivity index (χ3v) is 4.82. The van der Waals surface area contributed by atoms with Crippen LogP contribution in [-0.2, 0) is 0 Å². The van der Waals surface area contributed by atoms with Crippen LogP contribution in [-0.4, -0.2) is 11.0 Å². The van der Waals surface area contributed by atoms with Gasteiger partial charge in [-0.3, -0.25) is 4.98 Å². The fourth-order valence-corrected chi connectivity index (χ4v) is 3.70. The Morgan fingerprint density at radius 3 is 2.67 bits per heavy atom. The predicted molar refractivity (Wildman–Crippen MR) is 90.6 cm³/mol. The summed E-state index contributed by atoms with van der Waals surface area (Å²) < 4.78 is 0. The molecule has 0 spiro atoms. The molecule has 3 rings (SSSR count). The van der Waals surface area contributed by atoms with Crippen LogP contribution >= 0.6 is 0 Å². The number of nitrogens with one attached hydrogen (secondary N) is 1. The van der Waals surface area contributed by atoms with E-state index in [1.807, 2.05) is 12.3 Å². The van der Waals surface area contributed by atoms with Crippen molar-refractivity contribution in [2.45, 2.75) is 52.5 Å². The van der Waals surface area contributed by atoms with E-state index in [9.17, 15) is 0 Å². The van der Waals surface area contributed by atoms with E-state index in [0.29, 0.717) is 11.5 Å². The van der Waals surface area contributed by atoms with Crippen LogP contribution in [0.15, 0.2) is 36.5 Å². The SMILES string of the molecule is CC(C)(C)C1CCCCC1Nc1cnc2ccccc2c1. The first-order chi connectivity index (χ1) is 10.0. The molecule has 1 N–H and O–H groups in total. The van der Waals surface area contributed by atoms with Crippen molar-refractivity contribution in [3.63, 3.8) is 0 Å². The topological polar surface area (TPSA) is 24.9 Å². The Labute approximate surface area is 128 Å². The van der Waals surface area contributed by atoms with Crippen LogP contribution in [0.3, 0.4) is 0 Å². The number of para-hydroxylation sites is 1. The average molecular weight is 282 g/mol. The molecule has 0 aliphatic heterocycles. The first kappa shape index (κ1) is 14.4. The highest BCUT2D eigenvalue weighted by molar-refractivity contribution is 5.81. The van der Waals surface area contributed by atoms with Gasteiger partial charge in [-0.2, -0.15) is 0 Å². The Morgan fingerprint density at radius 2 is 1.86 bits per heavy atom. The average Bonchev–Trinajstić information content (AvgIpc) is 2.46. The summed E-state index contributed by atoms with van der Waals surface area (Å²) in [5, 5.41) is 4.98. The van der Waals surface area contributed by atoms with Gasteiger partial charge in [0.15, 0.2) is 0 Å². The molecule has 112 valence electrons. The van der Waals surface area contributed by atoms with E-state index in [1.165, 1.54) is 31.1 Å². The maximum atomic E-state index is 4.57. The van der Waals surface area contributed by atoms with Gasteiger partial charge >= 0.3 is 0 Å². The Morgan fingerprint density at radius 1 is 1.10 bits per heavy atom. The number of benzene rings is 1. The molecule has 1 fully saturated rings. The molecule has 2 unspecified atom stereocenters. The molecule has 0 bridgehead atoms. The van der Waals surface area contributed by atoms with Gasteiger partial charge in [0.2, 0.25) is 0 Å². The van der Waals surface area contributed by atoms with Crippen molar-refractivity contribution >= 4 is 16.6 Å². The molecule has 1 aliphatic rings. The lowest BCUT2D eigenvalue weighted by atomic mass is 9.69. The van der Waals surface area contributed by atoms with Crippen molar-refractivity contribution in [3.8, 4) is 0 Å². The van der Waals surface area contributed by atoms with Crippen LogP contribution in [0.2, 0.25) is 0 Å². The lowest BCUT2D eigenvalue weighted by Crippen LogP contribution is -2.39. The molecule has 0 saturated heterocycles. The molecule has 21 heavy (non-hydrogen) atoms. The van der Waals surface area contributed by atoms with Gasteiger partial charge in [0.1, 0.15) is 0 Å². The van der Waals surface area contributed by atoms with E-state index >= 15 is 0 Å². The van der Waals surface area contributed by atoms with Gasteiger partial charge in [-0.1, -0.05) is 51.8 Å². The third-order valence-electron chi connectivity index (χ3n) is 4.82. The van der Waals surface area contributed by atoms with E-state index in [2.05, 4.69) is 55.3 Å². The maximum Gasteiger partial charge on any atom is 0.0703 e. The molecule has 1 aliphatic carbocycles. The zero-order valence-corrected chi connectivity index (χ0v) is 13.4. The first-order valence-electron chi connectivity index (χ1n) is 8.15. The molecule has 0 amide bonds. The van der Waals surface area contributed by atoms with Crippen molar-refractivity contribution in [1.82, 2.24) is 4.98 Å². The molecule has 2 nitrogen and oxygen atoms in total. The van der Waals surface area contributed by atoms with Crippen LogP contribution in [0.25, 0.3) is 10.9 Å². The van der Waals surface area contributed by atoms with Gasteiger partial charge in [0, 0.05) is 11.4 Å². The van der Waals surface area contributed by atoms with E-state index < -0.39 is 0 Å². The van der Waals surface area contributed by atoms with Gasteiger partial charge in [-0.15, -0.1) is 0 Å². The summed E-state index contributed by atoms with van der Waals surface area (Å²) in [6.07, 6.45) is 7.30. The van der Waals surface area contributed by atoms with Gasteiger partial charge in [0.05, 0.1) is 17.4 Å². The standard InChI is InChI=1S/C19H26N2/c1-19(2,3)16-9-5-7-11-18(16)21-15-12-14-8-4-6-10-17(14)20-13-15/h4,6,8,10,12-13,16,18,21H,5,7,9,11H2,1-3H3. The molecule has 2 heteroatoms. The predicted octanol–water partition coefficient (Wildman–Crippen LogP) is 5.25. The van der Waals surface area contributed by atoms with Crippen molar-refractivity contribution in [2.24, 2.45) is 11.3 Å². The summed E-state index contributed by atoms with van der Waals surface area (Å²) in [5.41, 5.74) is 2.59. The smallest absolute Gasteiger partial charge is 0.0703 e. The summed E-state index contributed by atoms with van der Waals surface area (Å²) in [5.74, 6) is 0.734. The van der Waals surface area contributed by atoms with E-state index in [0.717, 1.165) is 17.1 Å². The fourth-order valence-electron chi connectivity index (χ4n) is 3.70. The number of hydrogen-bond donors (Lipinski definition) is 1. The van der Waals surface area contributed by atoms with Crippen molar-refractivity contribution in [1.29, 1.82) is 0 Å². The van der Waals surface area contributed by atoms with E-state index in [-0.39, 0.29) is 0 Å². The van der Waals surface area contributed by atoms with Crippen molar-refractivity contribution in [2.75, 3.05) is 5.32 Å². The second-order valence-electron chi connectivity index (χ2n) is 7.42. The summed E-state index contributed by atoms with van der Waals surface area (Å²) in [6.45, 7) is 7.11. The molecular formula is C19H26N2. The molecule has 2 atom stereocenters. The summed E-state index contributed by atoms with van der Waals surface area (Å²) >= 11 is 0. The second-order valence-corrected chi connectivity index (χ2v) is 7.42. The number of pyridine rings is 1. The summed E-state index contributed by atoms with van der Waals surface area (Å²) in [6, 6.07) is 11.1. The number of anilines is 1. The number of nitrogens with zero attached hydrogens (tertiary/aromatic N) is 1. The van der Waals surface area contributed by atoms with Crippen LogP contribution in [0.5, 0.6) is 0 Å². The molecule has 1 saturated carbocycles. The number of hydrogen-bond acceptors (Lipinski definition) is 2. The molecule has 0 radical (unpaired) electrons. The van der Waals surface area contributed by atoms with Crippen LogP contribution in [0, 0.1) is 11.3 Å². The summed E-state index contributed by atoms with van der Waals surface area (Å²) in [7, 11) is 0. The van der Waals surface area contributed by atoms with Gasteiger partial charge in [-0.05, 0) is 36.3 Å². The van der Waals surface area contributed by atoms with Gasteiger partial charge < -0.3 is 5.32 Å². The van der Waals surface area contributed by atoms with Crippen LogP contribution in [0.1, 0.15) is 46.5 Å². The molecule has 1 heterocycles. The molecule has 1 aromatic heterocycles. The zero-order chi connectivity index (χ0) is 14.9. The van der Waals surface area contributed by atoms with Crippen molar-refractivity contribution < 1.29 is 0 Å². The number of rotatable bonds is 2. The number of fused-ring (bicyclic) bond motifs is 1. The highest BCUT2D eigenvalue weighted by atomic mass is 14.9. The zero-order valence-electron chi connectivity index (χ0n) is 13.4. The lowest BCUT2D eigenvalue weighted by molar-refractivity contribution is 0.163. The third kappa shape index (κ3) is 3.20. The Balaban J connectivity index is 1.82. The van der Waals surface area contributed by atoms with E-state index in [4.69, 9.17) is 0 Å². The largest absolute Gasteiger partial charge is 0.381 e. The first-order valence-corrected chi connectivity index (χ1v) is 8.15. The van der Waals surface area contributed by atoms with Gasteiger partial charge in [-0.25, -0.2) is 0 Å². The minimum Gasteiger partial charge on any atom is -0.381 e. The van der Waals surface area contributed by atoms with Gasteiger partial charge in [0.25, 0.3) is 0 Å². The van der Waals surface area contributed by atoms with Crippen LogP contribution in [0.4, 0.5) is 5.69 Å². The highest BCUT2D eigenvalue weighted by Gasteiger charge is 2.34. The summed E-state index contributed by atoms with van der Waals surface area (Å²) in [4.78, 5) is 4.57. The lowest BCUT2D eigenvalue weighted by Gasteiger charge is -2.41. The molecule has 1 aromatic carbocycles. The quantitative estimate of drug-likeness (QED) is 0.813. The molecular weight excluding hydrogens is 256 g/mol. The highest BCUT2D eigenvalue weighted by Crippen LogP contribution is 2.39. The normalized spacial score (nSPS) is 23.2. The number of aromatic nitrogens is 1. The molecule has 2 aromatic rings. The van der Waals surface area contributed by atoms with Crippen LogP contribution < -0.4 is 5.32 Å². The minimum atomic E-state index is 0.363.